The lowest BCUT2D eigenvalue weighted by Gasteiger charge is -2.26. The quantitative estimate of drug-likeness (QED) is 0.289. The van der Waals surface area contributed by atoms with E-state index in [2.05, 4.69) is 18.5 Å². The topological polar surface area (TPSA) is 66.4 Å². The van der Waals surface area contributed by atoms with Crippen LogP contribution in [0.15, 0.2) is 25.3 Å². The van der Waals surface area contributed by atoms with Crippen LogP contribution in [0.2, 0.25) is 0 Å². The highest BCUT2D eigenvalue weighted by atomic mass is 32.2. The summed E-state index contributed by atoms with van der Waals surface area (Å²) in [6.45, 7) is 10.1. The molecule has 0 saturated carbocycles. The number of nitrogens with one attached hydrogen (secondary N) is 1. The van der Waals surface area contributed by atoms with Crippen LogP contribution in [0.1, 0.15) is 19.8 Å². The van der Waals surface area contributed by atoms with Crippen molar-refractivity contribution in [3.05, 3.63) is 25.3 Å². The van der Waals surface area contributed by atoms with Crippen LogP contribution in [0.3, 0.4) is 0 Å². The lowest BCUT2D eigenvalue weighted by atomic mass is 10.1. The van der Waals surface area contributed by atoms with Gasteiger partial charge in [-0.2, -0.15) is 26.0 Å². The van der Waals surface area contributed by atoms with E-state index >= 15 is 0 Å². The molecule has 132 valence electrons. The van der Waals surface area contributed by atoms with Crippen molar-refractivity contribution >= 4 is 10.1 Å². The summed E-state index contributed by atoms with van der Waals surface area (Å²) < 4.78 is 90.5. The smallest absolute Gasteiger partial charge is 0.310 e. The standard InChI is InChI=1S/C6H9F5O3S.C6H11N/c1-2-3-4(7)5(8,9)6(10,11)15(12,13)14;1-3-5-7-6-4-2/h4H,2-3H2,1H3,(H,12,13,14);3-4,7H,1-2,5-6H2. The summed E-state index contributed by atoms with van der Waals surface area (Å²) in [7, 11) is -6.35. The zero-order valence-electron chi connectivity index (χ0n) is 12.0. The Morgan fingerprint density at radius 1 is 1.18 bits per heavy atom. The Balaban J connectivity index is 0. The van der Waals surface area contributed by atoms with E-state index in [1.807, 2.05) is 12.2 Å². The monoisotopic (exact) mass is 353 g/mol. The Bertz CT molecular complexity index is 432. The Kier molecular flexibility index (Phi) is 10.5. The van der Waals surface area contributed by atoms with Crippen molar-refractivity contribution in [3.8, 4) is 0 Å². The molecule has 0 aromatic rings. The van der Waals surface area contributed by atoms with Gasteiger partial charge >= 0.3 is 21.3 Å². The van der Waals surface area contributed by atoms with Gasteiger partial charge in [0.25, 0.3) is 0 Å². The Morgan fingerprint density at radius 3 is 1.86 bits per heavy atom. The van der Waals surface area contributed by atoms with Crippen molar-refractivity contribution in [1.82, 2.24) is 5.32 Å². The van der Waals surface area contributed by atoms with Gasteiger partial charge in [0.05, 0.1) is 0 Å². The second kappa shape index (κ2) is 9.90. The molecule has 22 heavy (non-hydrogen) atoms. The molecule has 0 spiro atoms. The molecule has 2 N–H and O–H groups in total. The van der Waals surface area contributed by atoms with E-state index in [9.17, 15) is 30.4 Å². The van der Waals surface area contributed by atoms with Crippen molar-refractivity contribution < 1.29 is 34.9 Å². The molecule has 0 heterocycles. The highest BCUT2D eigenvalue weighted by Gasteiger charge is 2.69. The first-order chi connectivity index (χ1) is 9.90. The third-order valence-corrected chi connectivity index (χ3v) is 3.14. The average Bonchev–Trinajstić information content (AvgIpc) is 2.39. The van der Waals surface area contributed by atoms with E-state index in [1.165, 1.54) is 6.92 Å². The molecule has 0 radical (unpaired) electrons. The van der Waals surface area contributed by atoms with Crippen LogP contribution in [-0.4, -0.2) is 43.4 Å². The molecule has 0 bridgehead atoms. The van der Waals surface area contributed by atoms with Gasteiger partial charge < -0.3 is 5.32 Å². The fraction of sp³-hybridized carbons (Fsp3) is 0.667. The van der Waals surface area contributed by atoms with E-state index < -0.39 is 33.9 Å². The maximum Gasteiger partial charge on any atom is 0.434 e. The first-order valence-electron chi connectivity index (χ1n) is 6.19. The summed E-state index contributed by atoms with van der Waals surface area (Å²) in [6, 6.07) is 0. The maximum atomic E-state index is 12.6. The fourth-order valence-corrected chi connectivity index (χ4v) is 1.55. The van der Waals surface area contributed by atoms with E-state index in [0.29, 0.717) is 0 Å². The van der Waals surface area contributed by atoms with Crippen molar-refractivity contribution in [2.75, 3.05) is 13.1 Å². The summed E-state index contributed by atoms with van der Waals surface area (Å²) in [6.07, 6.45) is -0.789. The van der Waals surface area contributed by atoms with Gasteiger partial charge in [0.15, 0.2) is 6.17 Å². The molecular weight excluding hydrogens is 333 g/mol. The normalized spacial score (nSPS) is 13.8. The maximum absolute atomic E-state index is 12.6. The van der Waals surface area contributed by atoms with Gasteiger partial charge in [-0.25, -0.2) is 4.39 Å². The van der Waals surface area contributed by atoms with Crippen LogP contribution < -0.4 is 5.32 Å². The Morgan fingerprint density at radius 2 is 1.59 bits per heavy atom. The largest absolute Gasteiger partial charge is 0.434 e. The third kappa shape index (κ3) is 6.84. The second-order valence-corrected chi connectivity index (χ2v) is 5.57. The number of hydrogen-bond acceptors (Lipinski definition) is 3. The Labute approximate surface area is 126 Å². The van der Waals surface area contributed by atoms with E-state index in [1.54, 1.807) is 0 Å². The summed E-state index contributed by atoms with van der Waals surface area (Å²) in [5.41, 5.74) is 0. The number of alkyl halides is 5. The van der Waals surface area contributed by atoms with Crippen LogP contribution in [0, 0.1) is 0 Å². The van der Waals surface area contributed by atoms with Crippen LogP contribution in [0.5, 0.6) is 0 Å². The zero-order valence-corrected chi connectivity index (χ0v) is 12.9. The SMILES string of the molecule is C=CCNCC=C.CCCC(F)C(F)(F)C(F)(F)S(=O)(=O)O. The molecule has 10 heteroatoms. The van der Waals surface area contributed by atoms with Gasteiger partial charge in [-0.05, 0) is 6.42 Å². The molecule has 1 atom stereocenters. The van der Waals surface area contributed by atoms with Gasteiger partial charge in [0.1, 0.15) is 0 Å². The number of rotatable bonds is 9. The average molecular weight is 353 g/mol. The van der Waals surface area contributed by atoms with Gasteiger partial charge in [-0.1, -0.05) is 25.5 Å². The Hall–Kier alpha value is -1.00. The summed E-state index contributed by atoms with van der Waals surface area (Å²) >= 11 is 0. The predicted octanol–water partition coefficient (Wildman–Crippen LogP) is 3.19. The number of hydrogen-bond donors (Lipinski definition) is 2. The summed E-state index contributed by atoms with van der Waals surface area (Å²) in [4.78, 5) is 0. The summed E-state index contributed by atoms with van der Waals surface area (Å²) in [5.74, 6) is -5.45. The molecule has 0 aromatic heterocycles. The van der Waals surface area contributed by atoms with Crippen molar-refractivity contribution in [3.63, 3.8) is 0 Å². The lowest BCUT2D eigenvalue weighted by molar-refractivity contribution is -0.198. The van der Waals surface area contributed by atoms with Gasteiger partial charge in [-0.15, -0.1) is 13.2 Å². The van der Waals surface area contributed by atoms with Gasteiger partial charge in [-0.3, -0.25) is 4.55 Å². The number of halogens is 5. The van der Waals surface area contributed by atoms with E-state index in [4.69, 9.17) is 4.55 Å². The minimum absolute atomic E-state index is 0.168. The van der Waals surface area contributed by atoms with E-state index in [-0.39, 0.29) is 6.42 Å². The highest BCUT2D eigenvalue weighted by molar-refractivity contribution is 7.87. The first kappa shape index (κ1) is 23.3. The second-order valence-electron chi connectivity index (χ2n) is 4.11. The van der Waals surface area contributed by atoms with Gasteiger partial charge in [0, 0.05) is 13.1 Å². The molecule has 0 aliphatic rings. The van der Waals surface area contributed by atoms with Gasteiger partial charge in [0.2, 0.25) is 0 Å². The van der Waals surface area contributed by atoms with Crippen LogP contribution in [0.25, 0.3) is 0 Å². The first-order valence-corrected chi connectivity index (χ1v) is 7.63. The van der Waals surface area contributed by atoms with Crippen LogP contribution in [-0.2, 0) is 10.1 Å². The molecule has 0 fully saturated rings. The minimum Gasteiger partial charge on any atom is -0.310 e. The zero-order chi connectivity index (χ0) is 18.0. The van der Waals surface area contributed by atoms with E-state index in [0.717, 1.165) is 13.1 Å². The summed E-state index contributed by atoms with van der Waals surface area (Å²) in [5, 5.41) is -2.78. The molecule has 4 nitrogen and oxygen atoms in total. The van der Waals surface area contributed by atoms with Crippen molar-refractivity contribution in [1.29, 1.82) is 0 Å². The molecule has 0 rings (SSSR count). The molecule has 0 amide bonds. The lowest BCUT2D eigenvalue weighted by Crippen LogP contribution is -2.52. The van der Waals surface area contributed by atoms with Crippen molar-refractivity contribution in [2.24, 2.45) is 0 Å². The molecule has 0 aliphatic carbocycles. The van der Waals surface area contributed by atoms with Crippen LogP contribution >= 0.6 is 0 Å². The highest BCUT2D eigenvalue weighted by Crippen LogP contribution is 2.42. The third-order valence-electron chi connectivity index (χ3n) is 2.22. The molecule has 0 aliphatic heterocycles. The molecular formula is C12H20F5NO3S. The molecule has 1 unspecified atom stereocenters. The minimum atomic E-state index is -6.35. The molecule has 0 saturated heterocycles. The fourth-order valence-electron chi connectivity index (χ4n) is 1.08. The van der Waals surface area contributed by atoms with Crippen molar-refractivity contribution in [2.45, 2.75) is 37.1 Å². The van der Waals surface area contributed by atoms with Crippen LogP contribution in [0.4, 0.5) is 22.0 Å². The molecule has 0 aromatic carbocycles. The predicted molar refractivity (Wildman–Crippen MR) is 74.5 cm³/mol.